The molecule has 5 aromatic rings. The lowest BCUT2D eigenvalue weighted by Gasteiger charge is -2.08. The number of fused-ring (bicyclic) bond motifs is 3. The Morgan fingerprint density at radius 3 is 2.55 bits per heavy atom. The van der Waals surface area contributed by atoms with Crippen LogP contribution >= 0.6 is 11.6 Å². The van der Waals surface area contributed by atoms with Gasteiger partial charge in [0.2, 0.25) is 0 Å². The molecule has 5 rings (SSSR count). The van der Waals surface area contributed by atoms with Gasteiger partial charge in [-0.1, -0.05) is 47.5 Å². The highest BCUT2D eigenvalue weighted by Crippen LogP contribution is 2.29. The van der Waals surface area contributed by atoms with Gasteiger partial charge in [0.15, 0.2) is 5.65 Å². The third kappa shape index (κ3) is 2.82. The molecule has 0 amide bonds. The molecule has 29 heavy (non-hydrogen) atoms. The minimum atomic E-state index is -0.163. The number of rotatable bonds is 2. The number of aryl methyl sites for hydroxylation is 2. The third-order valence-corrected chi connectivity index (χ3v) is 5.35. The first-order valence-corrected chi connectivity index (χ1v) is 9.63. The number of nitrogens with zero attached hydrogens (tertiary/aromatic N) is 4. The standard InChI is InChI=1S/C23H17ClN4O/c1-14-6-8-16(9-7-14)21-15(2)26-28-20-10-11-27(18-5-3-4-17(24)12-18)23(29)19(20)13-25-22(21)28/h3-13H,1-2H3. The second-order valence-electron chi connectivity index (χ2n) is 7.09. The average molecular weight is 401 g/mol. The minimum absolute atomic E-state index is 0.163. The predicted molar refractivity (Wildman–Crippen MR) is 116 cm³/mol. The van der Waals surface area contributed by atoms with E-state index in [2.05, 4.69) is 41.3 Å². The van der Waals surface area contributed by atoms with Gasteiger partial charge in [-0.3, -0.25) is 9.36 Å². The highest BCUT2D eigenvalue weighted by atomic mass is 35.5. The van der Waals surface area contributed by atoms with E-state index in [4.69, 9.17) is 11.6 Å². The zero-order valence-corrected chi connectivity index (χ0v) is 16.7. The Bertz CT molecular complexity index is 1450. The smallest absolute Gasteiger partial charge is 0.266 e. The molecule has 0 spiro atoms. The maximum Gasteiger partial charge on any atom is 0.266 e. The monoisotopic (exact) mass is 400 g/mol. The second kappa shape index (κ2) is 6.57. The lowest BCUT2D eigenvalue weighted by Crippen LogP contribution is -2.18. The largest absolute Gasteiger partial charge is 0.284 e. The Labute approximate surface area is 171 Å². The van der Waals surface area contributed by atoms with E-state index in [0.717, 1.165) is 28.0 Å². The van der Waals surface area contributed by atoms with Gasteiger partial charge >= 0.3 is 0 Å². The summed E-state index contributed by atoms with van der Waals surface area (Å²) >= 11 is 6.09. The molecule has 0 unspecified atom stereocenters. The number of halogens is 1. The highest BCUT2D eigenvalue weighted by Gasteiger charge is 2.16. The van der Waals surface area contributed by atoms with Crippen LogP contribution in [0, 0.1) is 13.8 Å². The molecule has 0 aliphatic rings. The lowest BCUT2D eigenvalue weighted by molar-refractivity contribution is 0.940. The Hall–Kier alpha value is -3.44. The van der Waals surface area contributed by atoms with Crippen LogP contribution in [0.25, 0.3) is 33.4 Å². The van der Waals surface area contributed by atoms with Gasteiger partial charge in [-0.05, 0) is 43.7 Å². The van der Waals surface area contributed by atoms with E-state index in [1.165, 1.54) is 5.56 Å². The van der Waals surface area contributed by atoms with Crippen molar-refractivity contribution in [3.8, 4) is 16.8 Å². The van der Waals surface area contributed by atoms with Crippen LogP contribution in [0.1, 0.15) is 11.3 Å². The van der Waals surface area contributed by atoms with Crippen LogP contribution in [0.5, 0.6) is 0 Å². The lowest BCUT2D eigenvalue weighted by atomic mass is 10.0. The van der Waals surface area contributed by atoms with E-state index in [-0.39, 0.29) is 5.56 Å². The Morgan fingerprint density at radius 2 is 1.79 bits per heavy atom. The zero-order valence-electron chi connectivity index (χ0n) is 15.9. The molecule has 2 aromatic carbocycles. The van der Waals surface area contributed by atoms with Crippen LogP contribution in [-0.2, 0) is 0 Å². The Balaban J connectivity index is 1.76. The summed E-state index contributed by atoms with van der Waals surface area (Å²) in [7, 11) is 0. The summed E-state index contributed by atoms with van der Waals surface area (Å²) in [5, 5.41) is 5.76. The van der Waals surface area contributed by atoms with Crippen molar-refractivity contribution in [2.24, 2.45) is 0 Å². The SMILES string of the molecule is Cc1ccc(-c2c(C)nn3c2ncc2c(=O)n(-c4cccc(Cl)c4)ccc23)cc1. The predicted octanol–water partition coefficient (Wildman–Crippen LogP) is 4.97. The molecule has 0 saturated carbocycles. The summed E-state index contributed by atoms with van der Waals surface area (Å²) in [6, 6.07) is 17.4. The second-order valence-corrected chi connectivity index (χ2v) is 7.53. The molecule has 0 radical (unpaired) electrons. The summed E-state index contributed by atoms with van der Waals surface area (Å²) in [5.74, 6) is 0. The van der Waals surface area contributed by atoms with Crippen LogP contribution in [0.15, 0.2) is 71.8 Å². The molecule has 0 bridgehead atoms. The molecule has 0 atom stereocenters. The normalized spacial score (nSPS) is 11.4. The van der Waals surface area contributed by atoms with Crippen LogP contribution in [0.4, 0.5) is 0 Å². The molecule has 3 heterocycles. The summed E-state index contributed by atoms with van der Waals surface area (Å²) in [4.78, 5) is 17.7. The number of pyridine rings is 1. The van der Waals surface area contributed by atoms with Crippen LogP contribution in [-0.4, -0.2) is 19.2 Å². The van der Waals surface area contributed by atoms with E-state index in [0.29, 0.717) is 16.1 Å². The quantitative estimate of drug-likeness (QED) is 0.420. The molecule has 142 valence electrons. The summed E-state index contributed by atoms with van der Waals surface area (Å²) in [6.07, 6.45) is 3.38. The van der Waals surface area contributed by atoms with Gasteiger partial charge in [-0.25, -0.2) is 9.50 Å². The molecule has 6 heteroatoms. The minimum Gasteiger partial charge on any atom is -0.284 e. The molecule has 0 fully saturated rings. The van der Waals surface area contributed by atoms with E-state index in [1.54, 1.807) is 33.6 Å². The fraction of sp³-hybridized carbons (Fsp3) is 0.0870. The van der Waals surface area contributed by atoms with Gasteiger partial charge in [0.05, 0.1) is 22.3 Å². The Morgan fingerprint density at radius 1 is 1.00 bits per heavy atom. The van der Waals surface area contributed by atoms with Gasteiger partial charge in [0.25, 0.3) is 5.56 Å². The third-order valence-electron chi connectivity index (χ3n) is 5.11. The zero-order chi connectivity index (χ0) is 20.1. The van der Waals surface area contributed by atoms with E-state index in [9.17, 15) is 4.79 Å². The summed E-state index contributed by atoms with van der Waals surface area (Å²) in [6.45, 7) is 4.02. The van der Waals surface area contributed by atoms with Crippen molar-refractivity contribution >= 4 is 28.2 Å². The van der Waals surface area contributed by atoms with E-state index >= 15 is 0 Å². The van der Waals surface area contributed by atoms with Gasteiger partial charge in [0.1, 0.15) is 0 Å². The number of hydrogen-bond acceptors (Lipinski definition) is 3. The first-order chi connectivity index (χ1) is 14.0. The van der Waals surface area contributed by atoms with E-state index < -0.39 is 0 Å². The topological polar surface area (TPSA) is 52.2 Å². The average Bonchev–Trinajstić information content (AvgIpc) is 3.05. The van der Waals surface area contributed by atoms with Gasteiger partial charge in [0, 0.05) is 23.0 Å². The summed E-state index contributed by atoms with van der Waals surface area (Å²) < 4.78 is 3.32. The van der Waals surface area contributed by atoms with Crippen molar-refractivity contribution in [3.05, 3.63) is 93.6 Å². The van der Waals surface area contributed by atoms with Crippen molar-refractivity contribution < 1.29 is 0 Å². The maximum atomic E-state index is 13.1. The molecule has 3 aromatic heterocycles. The Kier molecular flexibility index (Phi) is 4.00. The number of benzene rings is 2. The van der Waals surface area contributed by atoms with Crippen molar-refractivity contribution in [1.82, 2.24) is 19.2 Å². The van der Waals surface area contributed by atoms with Crippen LogP contribution < -0.4 is 5.56 Å². The summed E-state index contributed by atoms with van der Waals surface area (Å²) in [5.41, 5.74) is 6.10. The molecular weight excluding hydrogens is 384 g/mol. The van der Waals surface area contributed by atoms with Crippen LogP contribution in [0.3, 0.4) is 0 Å². The fourth-order valence-electron chi connectivity index (χ4n) is 3.66. The van der Waals surface area contributed by atoms with Crippen molar-refractivity contribution in [2.45, 2.75) is 13.8 Å². The molecule has 0 aliphatic carbocycles. The first-order valence-electron chi connectivity index (χ1n) is 9.25. The highest BCUT2D eigenvalue weighted by molar-refractivity contribution is 6.30. The van der Waals surface area contributed by atoms with Gasteiger partial charge in [-0.15, -0.1) is 0 Å². The number of hydrogen-bond donors (Lipinski definition) is 0. The molecule has 5 nitrogen and oxygen atoms in total. The molecular formula is C23H17ClN4O. The van der Waals surface area contributed by atoms with E-state index in [1.807, 2.05) is 25.1 Å². The van der Waals surface area contributed by atoms with Gasteiger partial charge in [-0.2, -0.15) is 5.10 Å². The van der Waals surface area contributed by atoms with Crippen molar-refractivity contribution in [1.29, 1.82) is 0 Å². The van der Waals surface area contributed by atoms with Crippen molar-refractivity contribution in [3.63, 3.8) is 0 Å². The van der Waals surface area contributed by atoms with Crippen molar-refractivity contribution in [2.75, 3.05) is 0 Å². The van der Waals surface area contributed by atoms with Crippen LogP contribution in [0.2, 0.25) is 5.02 Å². The maximum absolute atomic E-state index is 13.1. The molecule has 0 N–H and O–H groups in total. The first kappa shape index (κ1) is 17.6. The fourth-order valence-corrected chi connectivity index (χ4v) is 3.85. The molecule has 0 aliphatic heterocycles. The number of aromatic nitrogens is 4. The molecule has 0 saturated heterocycles. The van der Waals surface area contributed by atoms with Gasteiger partial charge < -0.3 is 0 Å².